The summed E-state index contributed by atoms with van der Waals surface area (Å²) in [7, 11) is 0. The Hall–Kier alpha value is -0.640. The Morgan fingerprint density at radius 3 is 2.39 bits per heavy atom. The fraction of sp³-hybridized carbons (Fsp3) is 0.800. The number of rotatable bonds is 9. The van der Waals surface area contributed by atoms with Crippen LogP contribution in [-0.4, -0.2) is 30.1 Å². The average molecular weight is 324 g/mol. The van der Waals surface area contributed by atoms with Crippen LogP contribution in [0.25, 0.3) is 0 Å². The van der Waals surface area contributed by atoms with Gasteiger partial charge in [0.2, 0.25) is 0 Å². The van der Waals surface area contributed by atoms with Crippen molar-refractivity contribution in [1.82, 2.24) is 5.32 Å². The van der Waals surface area contributed by atoms with Crippen molar-refractivity contribution in [2.75, 3.05) is 6.54 Å². The maximum atomic E-state index is 9.46. The lowest BCUT2D eigenvalue weighted by Gasteiger charge is -2.34. The molecule has 0 amide bonds. The second-order valence-corrected chi connectivity index (χ2v) is 7.45. The van der Waals surface area contributed by atoms with Crippen molar-refractivity contribution in [3.63, 3.8) is 0 Å². The zero-order chi connectivity index (χ0) is 17.6. The molecule has 3 nitrogen and oxygen atoms in total. The molecule has 1 rings (SSSR count). The maximum absolute atomic E-state index is 9.46. The van der Waals surface area contributed by atoms with Gasteiger partial charge in [0.05, 0.1) is 6.10 Å². The van der Waals surface area contributed by atoms with Crippen LogP contribution in [-0.2, 0) is 4.74 Å². The summed E-state index contributed by atoms with van der Waals surface area (Å²) in [5.41, 5.74) is 2.76. The fourth-order valence-corrected chi connectivity index (χ4v) is 3.37. The average Bonchev–Trinajstić information content (AvgIpc) is 2.46. The number of aliphatic hydroxyl groups is 1. The molecule has 3 heteroatoms. The van der Waals surface area contributed by atoms with E-state index in [1.165, 1.54) is 24.0 Å². The Morgan fingerprint density at radius 2 is 1.87 bits per heavy atom. The van der Waals surface area contributed by atoms with E-state index in [9.17, 15) is 5.11 Å². The van der Waals surface area contributed by atoms with Gasteiger partial charge in [-0.2, -0.15) is 0 Å². The number of hydrogen-bond donors (Lipinski definition) is 2. The summed E-state index contributed by atoms with van der Waals surface area (Å²) in [6.07, 6.45) is 6.50. The van der Waals surface area contributed by atoms with Gasteiger partial charge in [-0.3, -0.25) is 0 Å². The van der Waals surface area contributed by atoms with E-state index >= 15 is 0 Å². The third-order valence-electron chi connectivity index (χ3n) is 4.86. The summed E-state index contributed by atoms with van der Waals surface area (Å²) in [5, 5.41) is 13.1. The number of hydrogen-bond acceptors (Lipinski definition) is 3. The van der Waals surface area contributed by atoms with E-state index in [1.807, 2.05) is 6.92 Å². The Balaban J connectivity index is 2.91. The molecule has 0 heterocycles. The zero-order valence-electron chi connectivity index (χ0n) is 16.1. The first-order valence-electron chi connectivity index (χ1n) is 9.23. The number of likely N-dealkylation sites (N-methyl/N-ethyl adjacent to an activating group) is 1. The quantitative estimate of drug-likeness (QED) is 0.622. The summed E-state index contributed by atoms with van der Waals surface area (Å²) in [4.78, 5) is 0. The van der Waals surface area contributed by atoms with Gasteiger partial charge in [0.25, 0.3) is 0 Å². The van der Waals surface area contributed by atoms with Crippen molar-refractivity contribution in [2.24, 2.45) is 17.8 Å². The second-order valence-electron chi connectivity index (χ2n) is 7.45. The van der Waals surface area contributed by atoms with Crippen LogP contribution in [0.5, 0.6) is 0 Å². The SMILES string of the molecule is CCNC1C(C)=CC(C(C)C(C)OC(C)O)=CC1CCC(C)C. The third kappa shape index (κ3) is 6.40. The van der Waals surface area contributed by atoms with Gasteiger partial charge in [-0.25, -0.2) is 0 Å². The molecule has 0 saturated carbocycles. The smallest absolute Gasteiger partial charge is 0.152 e. The Kier molecular flexibility index (Phi) is 8.52. The van der Waals surface area contributed by atoms with E-state index in [0.29, 0.717) is 12.0 Å². The first-order valence-corrected chi connectivity index (χ1v) is 9.23. The summed E-state index contributed by atoms with van der Waals surface area (Å²) in [6, 6.07) is 0.447. The molecule has 5 unspecified atom stereocenters. The van der Waals surface area contributed by atoms with Crippen molar-refractivity contribution in [3.05, 3.63) is 23.3 Å². The molecule has 0 fully saturated rings. The highest BCUT2D eigenvalue weighted by molar-refractivity contribution is 5.34. The molecule has 0 aromatic heterocycles. The van der Waals surface area contributed by atoms with Crippen molar-refractivity contribution in [2.45, 2.75) is 79.7 Å². The topological polar surface area (TPSA) is 41.5 Å². The van der Waals surface area contributed by atoms with Crippen LogP contribution in [0.4, 0.5) is 0 Å². The molecule has 1 aliphatic rings. The standard InChI is InChI=1S/C20H37NO2/c1-8-21-20-14(4)11-19(12-18(20)10-9-13(2)3)15(5)16(6)23-17(7)22/h11-13,15-18,20-22H,8-10H2,1-7H3. The number of ether oxygens (including phenoxy) is 1. The summed E-state index contributed by atoms with van der Waals surface area (Å²) >= 11 is 0. The van der Waals surface area contributed by atoms with Crippen LogP contribution in [0, 0.1) is 17.8 Å². The van der Waals surface area contributed by atoms with Gasteiger partial charge in [0.15, 0.2) is 6.29 Å². The molecular weight excluding hydrogens is 286 g/mol. The van der Waals surface area contributed by atoms with E-state index in [-0.39, 0.29) is 12.0 Å². The molecule has 5 atom stereocenters. The number of allylic oxidation sites excluding steroid dienone is 1. The largest absolute Gasteiger partial charge is 0.368 e. The molecule has 1 aliphatic carbocycles. The van der Waals surface area contributed by atoms with Crippen LogP contribution in [0.2, 0.25) is 0 Å². The molecular formula is C20H37NO2. The van der Waals surface area contributed by atoms with Gasteiger partial charge >= 0.3 is 0 Å². The first kappa shape index (κ1) is 20.4. The molecule has 0 aromatic rings. The van der Waals surface area contributed by atoms with Crippen molar-refractivity contribution >= 4 is 0 Å². The molecule has 2 N–H and O–H groups in total. The van der Waals surface area contributed by atoms with Gasteiger partial charge in [0.1, 0.15) is 0 Å². The predicted molar refractivity (Wildman–Crippen MR) is 98.3 cm³/mol. The summed E-state index contributed by atoms with van der Waals surface area (Å²) < 4.78 is 5.58. The predicted octanol–water partition coefficient (Wildman–Crippen LogP) is 4.28. The van der Waals surface area contributed by atoms with Crippen LogP contribution in [0.3, 0.4) is 0 Å². The van der Waals surface area contributed by atoms with E-state index in [1.54, 1.807) is 6.92 Å². The van der Waals surface area contributed by atoms with Gasteiger partial charge < -0.3 is 15.2 Å². The number of aliphatic hydroxyl groups excluding tert-OH is 1. The lowest BCUT2D eigenvalue weighted by molar-refractivity contribution is -0.127. The van der Waals surface area contributed by atoms with Crippen molar-refractivity contribution in [1.29, 1.82) is 0 Å². The second kappa shape index (κ2) is 9.61. The van der Waals surface area contributed by atoms with E-state index in [4.69, 9.17) is 4.74 Å². The van der Waals surface area contributed by atoms with Gasteiger partial charge in [-0.05, 0) is 51.1 Å². The van der Waals surface area contributed by atoms with Gasteiger partial charge in [0, 0.05) is 12.0 Å². The summed E-state index contributed by atoms with van der Waals surface area (Å²) in [5.74, 6) is 1.55. The molecule has 0 saturated heterocycles. The highest BCUT2D eigenvalue weighted by Gasteiger charge is 2.28. The van der Waals surface area contributed by atoms with Crippen molar-refractivity contribution < 1.29 is 9.84 Å². The molecule has 0 radical (unpaired) electrons. The monoisotopic (exact) mass is 323 g/mol. The maximum Gasteiger partial charge on any atom is 0.152 e. The number of nitrogens with one attached hydrogen (secondary N) is 1. The van der Waals surface area contributed by atoms with Gasteiger partial charge in [-0.15, -0.1) is 0 Å². The Morgan fingerprint density at radius 1 is 1.22 bits per heavy atom. The lowest BCUT2D eigenvalue weighted by Crippen LogP contribution is -2.39. The fourth-order valence-electron chi connectivity index (χ4n) is 3.37. The minimum absolute atomic E-state index is 0.00623. The zero-order valence-corrected chi connectivity index (χ0v) is 16.1. The highest BCUT2D eigenvalue weighted by Crippen LogP contribution is 2.32. The molecule has 0 aliphatic heterocycles. The third-order valence-corrected chi connectivity index (χ3v) is 4.86. The summed E-state index contributed by atoms with van der Waals surface area (Å²) in [6.45, 7) is 15.9. The Bertz CT molecular complexity index is 412. The van der Waals surface area contributed by atoms with Crippen LogP contribution in [0.15, 0.2) is 23.3 Å². The van der Waals surface area contributed by atoms with Crippen molar-refractivity contribution in [3.8, 4) is 0 Å². The minimum Gasteiger partial charge on any atom is -0.368 e. The van der Waals surface area contributed by atoms with E-state index in [0.717, 1.165) is 12.5 Å². The Labute approximate surface area is 143 Å². The molecule has 0 aromatic carbocycles. The van der Waals surface area contributed by atoms with Crippen LogP contribution < -0.4 is 5.32 Å². The molecule has 0 bridgehead atoms. The molecule has 0 spiro atoms. The van der Waals surface area contributed by atoms with E-state index in [2.05, 4.69) is 52.1 Å². The van der Waals surface area contributed by atoms with Crippen LogP contribution >= 0.6 is 0 Å². The van der Waals surface area contributed by atoms with Crippen LogP contribution in [0.1, 0.15) is 61.3 Å². The lowest BCUT2D eigenvalue weighted by atomic mass is 9.78. The minimum atomic E-state index is -0.715. The first-order chi connectivity index (χ1) is 10.8. The molecule has 23 heavy (non-hydrogen) atoms. The highest BCUT2D eigenvalue weighted by atomic mass is 16.6. The van der Waals surface area contributed by atoms with E-state index < -0.39 is 6.29 Å². The molecule has 134 valence electrons. The van der Waals surface area contributed by atoms with Gasteiger partial charge in [-0.1, -0.05) is 51.8 Å². The normalized spacial score (nSPS) is 25.8.